The smallest absolute Gasteiger partial charge is 0.251 e. The molecule has 0 bridgehead atoms. The first-order valence-corrected chi connectivity index (χ1v) is 13.7. The van der Waals surface area contributed by atoms with Gasteiger partial charge in [0.15, 0.2) is 0 Å². The molecule has 2 aliphatic heterocycles. The van der Waals surface area contributed by atoms with Gasteiger partial charge in [-0.05, 0) is 73.7 Å². The third-order valence-electron chi connectivity index (χ3n) is 6.99. The molecule has 0 spiro atoms. The van der Waals surface area contributed by atoms with E-state index in [0.29, 0.717) is 30.6 Å². The van der Waals surface area contributed by atoms with Crippen molar-refractivity contribution in [3.05, 3.63) is 76.5 Å². The molecule has 2 aliphatic rings. The van der Waals surface area contributed by atoms with Gasteiger partial charge in [0.2, 0.25) is 5.91 Å². The highest BCUT2D eigenvalue weighted by atomic mass is 35.5. The Morgan fingerprint density at radius 2 is 1.92 bits per heavy atom. The van der Waals surface area contributed by atoms with Crippen LogP contribution in [0.2, 0.25) is 0 Å². The van der Waals surface area contributed by atoms with E-state index in [1.165, 1.54) is 17.8 Å². The molecule has 2 aromatic carbocycles. The first-order valence-electron chi connectivity index (χ1n) is 12.3. The van der Waals surface area contributed by atoms with E-state index < -0.39 is 6.04 Å². The van der Waals surface area contributed by atoms with Crippen LogP contribution in [0.15, 0.2) is 66.0 Å². The van der Waals surface area contributed by atoms with Crippen LogP contribution in [0.4, 0.5) is 5.69 Å². The fraction of sp³-hybridized carbons (Fsp3) is 0.357. The molecule has 188 valence electrons. The average molecular weight is 524 g/mol. The number of fused-ring (bicyclic) bond motifs is 1. The minimum Gasteiger partial charge on any atom is -0.457 e. The lowest BCUT2D eigenvalue weighted by Gasteiger charge is -2.41. The molecule has 3 heterocycles. The van der Waals surface area contributed by atoms with Gasteiger partial charge in [0, 0.05) is 36.2 Å². The predicted molar refractivity (Wildman–Crippen MR) is 144 cm³/mol. The van der Waals surface area contributed by atoms with Crippen LogP contribution in [0.1, 0.15) is 29.3 Å². The van der Waals surface area contributed by atoms with Crippen molar-refractivity contribution in [3.8, 4) is 11.5 Å². The van der Waals surface area contributed by atoms with Crippen LogP contribution >= 0.6 is 22.9 Å². The highest BCUT2D eigenvalue weighted by Gasteiger charge is 2.40. The quantitative estimate of drug-likeness (QED) is 0.385. The summed E-state index contributed by atoms with van der Waals surface area (Å²) in [5.74, 6) is 0.829. The Bertz CT molecular complexity index is 1200. The Hall–Kier alpha value is -2.87. The molecule has 2 unspecified atom stereocenters. The standard InChI is InChI=1S/C28H30ClN3O3S/c1-20-17-23(35-22-8-3-2-4-9-22)11-12-24(20)32(26(33)18-29)27(25-10-6-16-36-25)28(34)31-15-14-30-13-5-7-21(30)19-31/h2-4,6,8-12,16-17,21,27H,5,7,13-15,18-19H2,1H3. The van der Waals surface area contributed by atoms with E-state index in [-0.39, 0.29) is 17.7 Å². The number of anilines is 1. The Balaban J connectivity index is 1.48. The van der Waals surface area contributed by atoms with Crippen LogP contribution in [0, 0.1) is 6.92 Å². The lowest BCUT2D eigenvalue weighted by molar-refractivity contribution is -0.136. The van der Waals surface area contributed by atoms with Crippen molar-refractivity contribution in [1.82, 2.24) is 9.80 Å². The lowest BCUT2D eigenvalue weighted by Crippen LogP contribution is -2.55. The van der Waals surface area contributed by atoms with Crippen LogP contribution in [0.5, 0.6) is 11.5 Å². The Morgan fingerprint density at radius 1 is 1.08 bits per heavy atom. The highest BCUT2D eigenvalue weighted by molar-refractivity contribution is 7.10. The van der Waals surface area contributed by atoms with Gasteiger partial charge in [0.25, 0.3) is 5.91 Å². The summed E-state index contributed by atoms with van der Waals surface area (Å²) in [6.45, 7) is 5.28. The number of carbonyl (C=O) groups is 2. The first kappa shape index (κ1) is 24.8. The van der Waals surface area contributed by atoms with Gasteiger partial charge < -0.3 is 9.64 Å². The van der Waals surface area contributed by atoms with Gasteiger partial charge in [0.05, 0.1) is 0 Å². The third-order valence-corrected chi connectivity index (χ3v) is 8.15. The maximum atomic E-state index is 14.1. The van der Waals surface area contributed by atoms with Crippen molar-refractivity contribution >= 4 is 40.4 Å². The van der Waals surface area contributed by atoms with Crippen LogP contribution in [0.3, 0.4) is 0 Å². The normalized spacial score (nSPS) is 18.5. The molecule has 36 heavy (non-hydrogen) atoms. The van der Waals surface area contributed by atoms with Gasteiger partial charge in [-0.1, -0.05) is 24.3 Å². The first-order chi connectivity index (χ1) is 17.5. The van der Waals surface area contributed by atoms with Crippen molar-refractivity contribution in [2.24, 2.45) is 0 Å². The number of aryl methyl sites for hydroxylation is 1. The van der Waals surface area contributed by atoms with Crippen molar-refractivity contribution < 1.29 is 14.3 Å². The molecule has 8 heteroatoms. The van der Waals surface area contributed by atoms with E-state index in [4.69, 9.17) is 16.3 Å². The number of alkyl halides is 1. The maximum absolute atomic E-state index is 14.1. The fourth-order valence-electron chi connectivity index (χ4n) is 5.24. The summed E-state index contributed by atoms with van der Waals surface area (Å²) in [4.78, 5) is 34.3. The van der Waals surface area contributed by atoms with Crippen LogP contribution < -0.4 is 9.64 Å². The van der Waals surface area contributed by atoms with E-state index >= 15 is 0 Å². The van der Waals surface area contributed by atoms with Crippen molar-refractivity contribution in [3.63, 3.8) is 0 Å². The number of rotatable bonds is 7. The third kappa shape index (κ3) is 5.14. The summed E-state index contributed by atoms with van der Waals surface area (Å²) in [5.41, 5.74) is 1.49. The zero-order valence-corrected chi connectivity index (χ0v) is 21.9. The molecule has 2 saturated heterocycles. The minimum absolute atomic E-state index is 0.0496. The van der Waals surface area contributed by atoms with Crippen LogP contribution in [-0.2, 0) is 9.59 Å². The number of nitrogens with zero attached hydrogens (tertiary/aromatic N) is 3. The molecule has 2 amide bonds. The second kappa shape index (κ2) is 11.0. The number of piperazine rings is 1. The topological polar surface area (TPSA) is 53.1 Å². The second-order valence-corrected chi connectivity index (χ2v) is 10.5. The molecule has 2 atom stereocenters. The molecular weight excluding hydrogens is 494 g/mol. The summed E-state index contributed by atoms with van der Waals surface area (Å²) < 4.78 is 5.99. The van der Waals surface area contributed by atoms with Crippen molar-refractivity contribution in [2.45, 2.75) is 31.8 Å². The summed E-state index contributed by atoms with van der Waals surface area (Å²) in [5, 5.41) is 1.94. The number of halogens is 1. The van der Waals surface area contributed by atoms with Gasteiger partial charge in [0.1, 0.15) is 23.4 Å². The summed E-state index contributed by atoms with van der Waals surface area (Å²) in [6, 6.07) is 18.6. The number of ether oxygens (including phenoxy) is 1. The van der Waals surface area contributed by atoms with Gasteiger partial charge in [-0.3, -0.25) is 19.4 Å². The minimum atomic E-state index is -0.760. The van der Waals surface area contributed by atoms with Gasteiger partial charge in [-0.2, -0.15) is 0 Å². The Labute approximate surface area is 221 Å². The number of benzene rings is 2. The molecule has 6 nitrogen and oxygen atoms in total. The molecule has 0 aliphatic carbocycles. The Kier molecular flexibility index (Phi) is 7.60. The number of hydrogen-bond donors (Lipinski definition) is 0. The number of para-hydroxylation sites is 1. The molecular formula is C28H30ClN3O3S. The number of thiophene rings is 1. The fourth-order valence-corrected chi connectivity index (χ4v) is 6.17. The Morgan fingerprint density at radius 3 is 2.64 bits per heavy atom. The van der Waals surface area contributed by atoms with Crippen LogP contribution in [-0.4, -0.2) is 59.7 Å². The van der Waals surface area contributed by atoms with Gasteiger partial charge >= 0.3 is 0 Å². The van der Waals surface area contributed by atoms with Crippen molar-refractivity contribution in [2.75, 3.05) is 37.0 Å². The number of carbonyl (C=O) groups excluding carboxylic acids is 2. The number of amides is 2. The van der Waals surface area contributed by atoms with E-state index in [1.54, 1.807) is 4.90 Å². The molecule has 1 aromatic heterocycles. The monoisotopic (exact) mass is 523 g/mol. The average Bonchev–Trinajstić information content (AvgIpc) is 3.59. The molecule has 0 saturated carbocycles. The lowest BCUT2D eigenvalue weighted by atomic mass is 10.1. The SMILES string of the molecule is Cc1cc(Oc2ccccc2)ccc1N(C(=O)CCl)C(C(=O)N1CCN2CCCC2C1)c1cccs1. The maximum Gasteiger partial charge on any atom is 0.251 e. The van der Waals surface area contributed by atoms with Gasteiger partial charge in [-0.25, -0.2) is 0 Å². The van der Waals surface area contributed by atoms with E-state index in [0.717, 1.165) is 35.7 Å². The zero-order chi connectivity index (χ0) is 25.1. The molecule has 0 radical (unpaired) electrons. The van der Waals surface area contributed by atoms with Crippen molar-refractivity contribution in [1.29, 1.82) is 0 Å². The molecule has 3 aromatic rings. The molecule has 0 N–H and O–H groups in total. The zero-order valence-electron chi connectivity index (χ0n) is 20.3. The molecule has 5 rings (SSSR count). The summed E-state index contributed by atoms with van der Waals surface area (Å²) in [6.07, 6.45) is 2.29. The summed E-state index contributed by atoms with van der Waals surface area (Å²) >= 11 is 7.60. The number of hydrogen-bond acceptors (Lipinski definition) is 5. The van der Waals surface area contributed by atoms with Crippen LogP contribution in [0.25, 0.3) is 0 Å². The van der Waals surface area contributed by atoms with Gasteiger partial charge in [-0.15, -0.1) is 22.9 Å². The van der Waals surface area contributed by atoms with E-state index in [2.05, 4.69) is 4.90 Å². The predicted octanol–water partition coefficient (Wildman–Crippen LogP) is 5.47. The second-order valence-electron chi connectivity index (χ2n) is 9.30. The summed E-state index contributed by atoms with van der Waals surface area (Å²) in [7, 11) is 0. The van der Waals surface area contributed by atoms with E-state index in [1.807, 2.05) is 77.9 Å². The van der Waals surface area contributed by atoms with E-state index in [9.17, 15) is 9.59 Å². The highest BCUT2D eigenvalue weighted by Crippen LogP contribution is 2.37. The molecule has 2 fully saturated rings. The largest absolute Gasteiger partial charge is 0.457 e.